The van der Waals surface area contributed by atoms with Crippen LogP contribution in [0.25, 0.3) is 11.1 Å². The van der Waals surface area contributed by atoms with E-state index in [9.17, 15) is 10.2 Å². The van der Waals surface area contributed by atoms with Crippen molar-refractivity contribution in [3.63, 3.8) is 0 Å². The van der Waals surface area contributed by atoms with Crippen molar-refractivity contribution >= 4 is 0 Å². The number of ether oxygens (including phenoxy) is 2. The molecule has 4 nitrogen and oxygen atoms in total. The van der Waals surface area contributed by atoms with Crippen molar-refractivity contribution in [1.82, 2.24) is 0 Å². The molecule has 4 heteroatoms. The molecule has 0 bridgehead atoms. The third-order valence-corrected chi connectivity index (χ3v) is 3.75. The monoisotopic (exact) mass is 272 g/mol. The molecule has 20 heavy (non-hydrogen) atoms. The predicted octanol–water partition coefficient (Wildman–Crippen LogP) is 2.88. The highest BCUT2D eigenvalue weighted by Gasteiger charge is 2.25. The van der Waals surface area contributed by atoms with E-state index in [1.807, 2.05) is 12.1 Å². The van der Waals surface area contributed by atoms with Crippen molar-refractivity contribution < 1.29 is 19.7 Å². The van der Waals surface area contributed by atoms with Gasteiger partial charge < -0.3 is 19.7 Å². The molecule has 0 atom stereocenters. The molecule has 3 rings (SSSR count). The standard InChI is InChI=1S/C16H16O4/c1-19-13-8-10-4-3-9-7-11(17)5-6-12(9)14(10)16(20-2)15(13)18/h5-8,17-18H,3-4H2,1-2H3. The van der Waals surface area contributed by atoms with Crippen LogP contribution < -0.4 is 9.47 Å². The highest BCUT2D eigenvalue weighted by molar-refractivity contribution is 5.83. The van der Waals surface area contributed by atoms with Crippen molar-refractivity contribution in [3.8, 4) is 34.1 Å². The molecular weight excluding hydrogens is 256 g/mol. The van der Waals surface area contributed by atoms with Crippen LogP contribution in [0.2, 0.25) is 0 Å². The Morgan fingerprint density at radius 1 is 0.950 bits per heavy atom. The van der Waals surface area contributed by atoms with Crippen molar-refractivity contribution in [3.05, 3.63) is 35.4 Å². The average Bonchev–Trinajstić information content (AvgIpc) is 2.46. The average molecular weight is 272 g/mol. The second-order valence-corrected chi connectivity index (χ2v) is 4.84. The van der Waals surface area contributed by atoms with Crippen LogP contribution in [0.15, 0.2) is 24.3 Å². The second kappa shape index (κ2) is 4.63. The molecule has 0 fully saturated rings. The van der Waals surface area contributed by atoms with Gasteiger partial charge in [-0.15, -0.1) is 0 Å². The first-order valence-electron chi connectivity index (χ1n) is 6.44. The Labute approximate surface area is 117 Å². The van der Waals surface area contributed by atoms with E-state index in [0.29, 0.717) is 11.5 Å². The van der Waals surface area contributed by atoms with Crippen molar-refractivity contribution in [2.45, 2.75) is 12.8 Å². The minimum atomic E-state index is 0.00896. The fourth-order valence-corrected chi connectivity index (χ4v) is 2.82. The van der Waals surface area contributed by atoms with E-state index >= 15 is 0 Å². The van der Waals surface area contributed by atoms with E-state index in [1.54, 1.807) is 12.1 Å². The van der Waals surface area contributed by atoms with Crippen LogP contribution >= 0.6 is 0 Å². The van der Waals surface area contributed by atoms with E-state index < -0.39 is 0 Å². The van der Waals surface area contributed by atoms with E-state index in [2.05, 4.69) is 0 Å². The molecule has 1 aliphatic rings. The highest BCUT2D eigenvalue weighted by atomic mass is 16.5. The third kappa shape index (κ3) is 1.76. The number of phenolic OH excluding ortho intramolecular Hbond substituents is 2. The van der Waals surface area contributed by atoms with Crippen LogP contribution in [0.5, 0.6) is 23.0 Å². The summed E-state index contributed by atoms with van der Waals surface area (Å²) in [7, 11) is 3.05. The van der Waals surface area contributed by atoms with Gasteiger partial charge in [-0.2, -0.15) is 0 Å². The highest BCUT2D eigenvalue weighted by Crippen LogP contribution is 2.49. The number of fused-ring (bicyclic) bond motifs is 3. The van der Waals surface area contributed by atoms with Gasteiger partial charge in [0.1, 0.15) is 5.75 Å². The molecule has 0 spiro atoms. The molecule has 104 valence electrons. The minimum Gasteiger partial charge on any atom is -0.508 e. The lowest BCUT2D eigenvalue weighted by molar-refractivity contribution is 0.340. The Morgan fingerprint density at radius 3 is 2.40 bits per heavy atom. The summed E-state index contributed by atoms with van der Waals surface area (Å²) in [4.78, 5) is 0. The zero-order valence-electron chi connectivity index (χ0n) is 11.4. The van der Waals surface area contributed by atoms with Crippen molar-refractivity contribution in [2.75, 3.05) is 14.2 Å². The summed E-state index contributed by atoms with van der Waals surface area (Å²) in [6, 6.07) is 7.12. The topological polar surface area (TPSA) is 58.9 Å². The fraction of sp³-hybridized carbons (Fsp3) is 0.250. The Balaban J connectivity index is 2.31. The van der Waals surface area contributed by atoms with Gasteiger partial charge in [0.25, 0.3) is 0 Å². The summed E-state index contributed by atoms with van der Waals surface area (Å²) >= 11 is 0. The van der Waals surface area contributed by atoms with Crippen LogP contribution in [0.4, 0.5) is 0 Å². The van der Waals surface area contributed by atoms with Gasteiger partial charge in [0.2, 0.25) is 5.75 Å². The summed E-state index contributed by atoms with van der Waals surface area (Å²) in [5.41, 5.74) is 4.00. The van der Waals surface area contributed by atoms with Crippen LogP contribution in [0.3, 0.4) is 0 Å². The number of methoxy groups -OCH3 is 2. The molecule has 2 N–H and O–H groups in total. The van der Waals surface area contributed by atoms with Crippen LogP contribution in [0.1, 0.15) is 11.1 Å². The summed E-state index contributed by atoms with van der Waals surface area (Å²) in [6.07, 6.45) is 1.66. The molecular formula is C16H16O4. The molecule has 0 aliphatic heterocycles. The first-order valence-corrected chi connectivity index (χ1v) is 6.44. The van der Waals surface area contributed by atoms with E-state index in [-0.39, 0.29) is 11.5 Å². The van der Waals surface area contributed by atoms with E-state index in [1.165, 1.54) is 14.2 Å². The number of aromatic hydroxyl groups is 2. The summed E-state index contributed by atoms with van der Waals surface area (Å²) in [5.74, 6) is 1.10. The Bertz CT molecular complexity index is 677. The van der Waals surface area contributed by atoms with E-state index in [0.717, 1.165) is 35.1 Å². The number of benzene rings is 2. The van der Waals surface area contributed by atoms with Gasteiger partial charge in [0.05, 0.1) is 14.2 Å². The molecule has 0 saturated heterocycles. The lowest BCUT2D eigenvalue weighted by Gasteiger charge is -2.24. The molecule has 2 aromatic carbocycles. The minimum absolute atomic E-state index is 0.00896. The quantitative estimate of drug-likeness (QED) is 0.882. The van der Waals surface area contributed by atoms with Crippen LogP contribution in [-0.4, -0.2) is 24.4 Å². The Hall–Kier alpha value is -2.36. The summed E-state index contributed by atoms with van der Waals surface area (Å²) < 4.78 is 10.6. The molecule has 0 saturated carbocycles. The number of aryl methyl sites for hydroxylation is 2. The Kier molecular flexibility index (Phi) is 2.93. The second-order valence-electron chi connectivity index (χ2n) is 4.84. The van der Waals surface area contributed by atoms with Crippen molar-refractivity contribution in [2.24, 2.45) is 0 Å². The van der Waals surface area contributed by atoms with Gasteiger partial charge in [0, 0.05) is 5.56 Å². The van der Waals surface area contributed by atoms with E-state index in [4.69, 9.17) is 9.47 Å². The fourth-order valence-electron chi connectivity index (χ4n) is 2.82. The molecule has 0 heterocycles. The molecule has 0 amide bonds. The van der Waals surface area contributed by atoms with Gasteiger partial charge in [-0.1, -0.05) is 6.07 Å². The first kappa shape index (κ1) is 12.7. The lowest BCUT2D eigenvalue weighted by atomic mass is 9.84. The summed E-state index contributed by atoms with van der Waals surface area (Å²) in [6.45, 7) is 0. The normalized spacial score (nSPS) is 12.5. The Morgan fingerprint density at radius 2 is 1.70 bits per heavy atom. The summed E-state index contributed by atoms with van der Waals surface area (Å²) in [5, 5.41) is 19.8. The smallest absolute Gasteiger partial charge is 0.201 e. The maximum absolute atomic E-state index is 10.2. The van der Waals surface area contributed by atoms with Crippen molar-refractivity contribution in [1.29, 1.82) is 0 Å². The first-order chi connectivity index (χ1) is 9.65. The zero-order valence-corrected chi connectivity index (χ0v) is 11.4. The van der Waals surface area contributed by atoms with Gasteiger partial charge in [0.15, 0.2) is 11.5 Å². The number of phenols is 2. The zero-order chi connectivity index (χ0) is 14.3. The number of rotatable bonds is 2. The van der Waals surface area contributed by atoms with Gasteiger partial charge in [-0.3, -0.25) is 0 Å². The molecule has 0 radical (unpaired) electrons. The molecule has 2 aromatic rings. The van der Waals surface area contributed by atoms with Gasteiger partial charge in [-0.05, 0) is 47.7 Å². The van der Waals surface area contributed by atoms with Gasteiger partial charge in [-0.25, -0.2) is 0 Å². The molecule has 1 aliphatic carbocycles. The van der Waals surface area contributed by atoms with Gasteiger partial charge >= 0.3 is 0 Å². The van der Waals surface area contributed by atoms with Crippen LogP contribution in [0, 0.1) is 0 Å². The lowest BCUT2D eigenvalue weighted by Crippen LogP contribution is -2.06. The number of hydrogen-bond donors (Lipinski definition) is 2. The van der Waals surface area contributed by atoms with Crippen LogP contribution in [-0.2, 0) is 12.8 Å². The molecule has 0 aromatic heterocycles. The molecule has 0 unspecified atom stereocenters. The third-order valence-electron chi connectivity index (χ3n) is 3.75. The maximum Gasteiger partial charge on any atom is 0.201 e. The predicted molar refractivity (Wildman–Crippen MR) is 75.7 cm³/mol. The number of hydrogen-bond acceptors (Lipinski definition) is 4. The maximum atomic E-state index is 10.2. The largest absolute Gasteiger partial charge is 0.508 e. The SMILES string of the molecule is COc1cc2c(c(OC)c1O)-c1ccc(O)cc1CC2.